The van der Waals surface area contributed by atoms with Crippen molar-refractivity contribution in [1.82, 2.24) is 24.7 Å². The van der Waals surface area contributed by atoms with E-state index in [4.69, 9.17) is 16.3 Å². The van der Waals surface area contributed by atoms with Crippen molar-refractivity contribution < 1.29 is 45.0 Å². The van der Waals surface area contributed by atoms with Gasteiger partial charge in [0.1, 0.15) is 46.6 Å². The predicted molar refractivity (Wildman–Crippen MR) is 249 cm³/mol. The Kier molecular flexibility index (Phi) is 14.5. The van der Waals surface area contributed by atoms with Crippen LogP contribution in [0.4, 0.5) is 42.2 Å². The SMILES string of the molecule is CCc1nc2ccc(Cl)cn2c1C(=O)NCc1ccc(N2CCC(c3ccc(OC(F)(F)F)cc3)CC2)cc1.Fc1ccc2c(NCc3ccc(Oc4cccc(C(F)(F)F)c4)cc3)ncnc2c1. The highest BCUT2D eigenvalue weighted by Crippen LogP contribution is 2.34. The molecule has 1 aliphatic heterocycles. The van der Waals surface area contributed by atoms with Gasteiger partial charge in [-0.25, -0.2) is 19.3 Å². The molecule has 1 amide bonds. The molecule has 0 spiro atoms. The van der Waals surface area contributed by atoms with Crippen molar-refractivity contribution in [1.29, 1.82) is 0 Å². The van der Waals surface area contributed by atoms with Gasteiger partial charge in [0, 0.05) is 49.5 Å². The minimum absolute atomic E-state index is 0.107. The molecule has 0 bridgehead atoms. The molecule has 0 atom stereocenters. The summed E-state index contributed by atoms with van der Waals surface area (Å²) in [5.41, 5.74) is 5.64. The van der Waals surface area contributed by atoms with Crippen molar-refractivity contribution >= 4 is 45.6 Å². The molecule has 9 rings (SSSR count). The summed E-state index contributed by atoms with van der Waals surface area (Å²) in [5.74, 6) is 0.613. The Bertz CT molecular complexity index is 3030. The first-order chi connectivity index (χ1) is 33.1. The summed E-state index contributed by atoms with van der Waals surface area (Å²) in [6, 6.07) is 33.8. The van der Waals surface area contributed by atoms with E-state index in [0.29, 0.717) is 58.3 Å². The van der Waals surface area contributed by atoms with Crippen LogP contribution in [0.15, 0.2) is 140 Å². The molecule has 1 aliphatic rings. The average molecular weight is 970 g/mol. The number of piperidine rings is 1. The van der Waals surface area contributed by atoms with Gasteiger partial charge < -0.3 is 25.0 Å². The summed E-state index contributed by atoms with van der Waals surface area (Å²) in [5, 5.41) is 7.41. The third-order valence-electron chi connectivity index (χ3n) is 11.4. The lowest BCUT2D eigenvalue weighted by Gasteiger charge is -2.34. The fourth-order valence-electron chi connectivity index (χ4n) is 7.96. The summed E-state index contributed by atoms with van der Waals surface area (Å²) >= 11 is 6.14. The van der Waals surface area contributed by atoms with Crippen molar-refractivity contribution in [2.75, 3.05) is 23.3 Å². The van der Waals surface area contributed by atoms with Crippen LogP contribution in [-0.2, 0) is 25.7 Å². The van der Waals surface area contributed by atoms with E-state index in [1.807, 2.05) is 19.1 Å². The van der Waals surface area contributed by atoms with E-state index in [1.54, 1.807) is 65.2 Å². The first-order valence-corrected chi connectivity index (χ1v) is 22.2. The van der Waals surface area contributed by atoms with E-state index in [9.17, 15) is 35.5 Å². The number of halogens is 8. The standard InChI is InChI=1S/C29H28ClF3N4O2.C22H15F4N3O/c1-2-25-27(37-18-22(30)7-12-26(37)35-25)28(38)34-17-19-3-8-23(9-4-19)36-15-13-21(14-16-36)20-5-10-24(11-6-20)39-29(31,32)33;23-16-6-9-19-20(11-16)28-13-29-21(19)27-12-14-4-7-17(8-5-14)30-18-3-1-2-15(10-18)22(24,25)26/h3-12,18,21H,2,13-17H2,1H3,(H,34,38);1-11,13H,12H2,(H,27,28,29). The molecule has 3 aromatic heterocycles. The van der Waals surface area contributed by atoms with E-state index in [0.717, 1.165) is 66.1 Å². The van der Waals surface area contributed by atoms with Gasteiger partial charge in [0.25, 0.3) is 5.91 Å². The number of alkyl halides is 6. The molecular formula is C51H43ClF7N7O3. The van der Waals surface area contributed by atoms with E-state index in [-0.39, 0.29) is 29.1 Å². The maximum Gasteiger partial charge on any atom is 0.573 e. The molecular weight excluding hydrogens is 927 g/mol. The van der Waals surface area contributed by atoms with Gasteiger partial charge in [-0.3, -0.25) is 9.20 Å². The molecule has 2 N–H and O–H groups in total. The summed E-state index contributed by atoms with van der Waals surface area (Å²) < 4.78 is 100. The van der Waals surface area contributed by atoms with Crippen LogP contribution in [0.25, 0.3) is 16.6 Å². The maximum absolute atomic E-state index is 13.3. The number of rotatable bonds is 12. The number of aromatic nitrogens is 4. The number of carbonyl (C=O) groups is 1. The first kappa shape index (κ1) is 48.1. The molecule has 0 radical (unpaired) electrons. The van der Waals surface area contributed by atoms with Gasteiger partial charge in [0.15, 0.2) is 0 Å². The predicted octanol–water partition coefficient (Wildman–Crippen LogP) is 13.0. The molecule has 4 heterocycles. The number of nitrogens with one attached hydrogen (secondary N) is 2. The lowest BCUT2D eigenvalue weighted by atomic mass is 9.89. The molecule has 8 aromatic rings. The van der Waals surface area contributed by atoms with Crippen LogP contribution < -0.4 is 25.0 Å². The van der Waals surface area contributed by atoms with Crippen molar-refractivity contribution in [3.8, 4) is 17.2 Å². The zero-order valence-corrected chi connectivity index (χ0v) is 37.5. The Morgan fingerprint density at radius 1 is 0.783 bits per heavy atom. The number of imidazole rings is 1. The van der Waals surface area contributed by atoms with Gasteiger partial charge in [-0.2, -0.15) is 13.2 Å². The smallest absolute Gasteiger partial charge is 0.457 e. The molecule has 10 nitrogen and oxygen atoms in total. The van der Waals surface area contributed by atoms with Crippen molar-refractivity contribution in [2.45, 2.75) is 57.7 Å². The van der Waals surface area contributed by atoms with Crippen molar-refractivity contribution in [3.05, 3.63) is 184 Å². The molecule has 69 heavy (non-hydrogen) atoms. The number of carbonyl (C=O) groups excluding carboxylic acids is 1. The number of ether oxygens (including phenoxy) is 2. The monoisotopic (exact) mass is 969 g/mol. The van der Waals surface area contributed by atoms with Crippen LogP contribution in [0.1, 0.15) is 64.1 Å². The quantitative estimate of drug-likeness (QED) is 0.117. The fraction of sp³-hybridized carbons (Fsp3) is 0.216. The van der Waals surface area contributed by atoms with Gasteiger partial charge in [0.05, 0.1) is 21.8 Å². The highest BCUT2D eigenvalue weighted by atomic mass is 35.5. The Morgan fingerprint density at radius 2 is 1.48 bits per heavy atom. The third-order valence-corrected chi connectivity index (χ3v) is 11.6. The molecule has 0 aliphatic carbocycles. The largest absolute Gasteiger partial charge is 0.573 e. The maximum atomic E-state index is 13.3. The number of anilines is 2. The normalized spacial score (nSPS) is 13.2. The van der Waals surface area contributed by atoms with Crippen LogP contribution in [0, 0.1) is 5.82 Å². The van der Waals surface area contributed by atoms with E-state index < -0.39 is 18.1 Å². The van der Waals surface area contributed by atoms with Crippen LogP contribution in [-0.4, -0.2) is 44.7 Å². The van der Waals surface area contributed by atoms with Gasteiger partial charge in [-0.1, -0.05) is 61.0 Å². The molecule has 0 saturated carbocycles. The Hall–Kier alpha value is -7.40. The van der Waals surface area contributed by atoms with Crippen molar-refractivity contribution in [3.63, 3.8) is 0 Å². The third kappa shape index (κ3) is 12.4. The highest BCUT2D eigenvalue weighted by Gasteiger charge is 2.32. The Morgan fingerprint density at radius 3 is 2.17 bits per heavy atom. The Labute approximate surface area is 396 Å². The number of amides is 1. The molecule has 0 unspecified atom stereocenters. The second-order valence-electron chi connectivity index (χ2n) is 16.1. The van der Waals surface area contributed by atoms with E-state index >= 15 is 0 Å². The van der Waals surface area contributed by atoms with Gasteiger partial charge >= 0.3 is 12.5 Å². The van der Waals surface area contributed by atoms with Gasteiger partial charge in [-0.05, 0) is 121 Å². The summed E-state index contributed by atoms with van der Waals surface area (Å²) in [6.45, 7) is 4.47. The van der Waals surface area contributed by atoms with E-state index in [1.165, 1.54) is 42.7 Å². The zero-order chi connectivity index (χ0) is 48.7. The number of fused-ring (bicyclic) bond motifs is 2. The van der Waals surface area contributed by atoms with Crippen molar-refractivity contribution in [2.24, 2.45) is 0 Å². The average Bonchev–Trinajstić information content (AvgIpc) is 3.71. The van der Waals surface area contributed by atoms with Crippen LogP contribution in [0.3, 0.4) is 0 Å². The fourth-order valence-corrected chi connectivity index (χ4v) is 8.12. The first-order valence-electron chi connectivity index (χ1n) is 21.8. The topological polar surface area (TPSA) is 106 Å². The van der Waals surface area contributed by atoms with Crippen LogP contribution in [0.2, 0.25) is 5.02 Å². The number of benzene rings is 5. The molecule has 18 heteroatoms. The van der Waals surface area contributed by atoms with Gasteiger partial charge in [0.2, 0.25) is 0 Å². The lowest BCUT2D eigenvalue weighted by Crippen LogP contribution is -2.32. The lowest BCUT2D eigenvalue weighted by molar-refractivity contribution is -0.274. The summed E-state index contributed by atoms with van der Waals surface area (Å²) in [7, 11) is 0. The second kappa shape index (κ2) is 20.9. The summed E-state index contributed by atoms with van der Waals surface area (Å²) in [4.78, 5) is 28.1. The molecule has 1 saturated heterocycles. The zero-order valence-electron chi connectivity index (χ0n) is 36.8. The molecule has 356 valence electrons. The summed E-state index contributed by atoms with van der Waals surface area (Å²) in [6.07, 6.45) is -3.61. The second-order valence-corrected chi connectivity index (χ2v) is 16.5. The molecule has 5 aromatic carbocycles. The minimum atomic E-state index is -4.68. The number of pyridine rings is 1. The van der Waals surface area contributed by atoms with E-state index in [2.05, 4.69) is 47.4 Å². The Balaban J connectivity index is 0.000000192. The number of nitrogens with zero attached hydrogens (tertiary/aromatic N) is 5. The molecule has 1 fully saturated rings. The number of hydrogen-bond acceptors (Lipinski definition) is 8. The van der Waals surface area contributed by atoms with Gasteiger partial charge in [-0.15, -0.1) is 13.2 Å². The van der Waals surface area contributed by atoms with Crippen LogP contribution in [0.5, 0.6) is 17.2 Å². The van der Waals surface area contributed by atoms with Crippen LogP contribution >= 0.6 is 11.6 Å². The highest BCUT2D eigenvalue weighted by molar-refractivity contribution is 6.30. The number of aryl methyl sites for hydroxylation is 1. The number of hydrogen-bond donors (Lipinski definition) is 2. The minimum Gasteiger partial charge on any atom is -0.457 e.